The van der Waals surface area contributed by atoms with Crippen molar-refractivity contribution in [3.63, 3.8) is 0 Å². The van der Waals surface area contributed by atoms with E-state index in [2.05, 4.69) is 17.0 Å². The highest BCUT2D eigenvalue weighted by molar-refractivity contribution is 4.91. The first kappa shape index (κ1) is 16.9. The molecule has 0 aliphatic carbocycles. The number of nitriles is 2. The van der Waals surface area contributed by atoms with Crippen LogP contribution in [0, 0.1) is 28.1 Å². The number of methoxy groups -OCH3 is 1. The zero-order valence-electron chi connectivity index (χ0n) is 11.9. The van der Waals surface area contributed by atoms with E-state index in [1.165, 1.54) is 0 Å². The van der Waals surface area contributed by atoms with E-state index in [4.69, 9.17) is 15.3 Å². The predicted molar refractivity (Wildman–Crippen MR) is 71.8 cm³/mol. The normalized spacial score (nSPS) is 11.2. The molecule has 0 aromatic heterocycles. The minimum Gasteiger partial charge on any atom is -0.383 e. The molecule has 0 saturated heterocycles. The van der Waals surface area contributed by atoms with Gasteiger partial charge in [-0.25, -0.2) is 0 Å². The van der Waals surface area contributed by atoms with E-state index in [-0.39, 0.29) is 5.41 Å². The Hall–Kier alpha value is -1.10. The molecule has 0 heterocycles. The lowest BCUT2D eigenvalue weighted by Gasteiger charge is -2.21. The van der Waals surface area contributed by atoms with E-state index in [0.29, 0.717) is 13.0 Å². The molecule has 0 fully saturated rings. The van der Waals surface area contributed by atoms with Crippen molar-refractivity contribution in [2.45, 2.75) is 39.5 Å². The molecule has 4 heteroatoms. The van der Waals surface area contributed by atoms with Crippen LogP contribution in [0.5, 0.6) is 0 Å². The predicted octanol–water partition coefficient (Wildman–Crippen LogP) is 2.57. The summed E-state index contributed by atoms with van der Waals surface area (Å²) in [4.78, 5) is 2.26. The summed E-state index contributed by atoms with van der Waals surface area (Å²) >= 11 is 0. The summed E-state index contributed by atoms with van der Waals surface area (Å²) in [7, 11) is 1.69. The topological polar surface area (TPSA) is 60.0 Å². The van der Waals surface area contributed by atoms with Crippen LogP contribution in [0.3, 0.4) is 0 Å². The summed E-state index contributed by atoms with van der Waals surface area (Å²) in [6.07, 6.45) is 3.62. The van der Waals surface area contributed by atoms with E-state index in [1.54, 1.807) is 7.11 Å². The third kappa shape index (κ3) is 8.98. The van der Waals surface area contributed by atoms with Gasteiger partial charge in [-0.1, -0.05) is 6.42 Å². The monoisotopic (exact) mass is 251 g/mol. The molecule has 0 bridgehead atoms. The Morgan fingerprint density at radius 2 is 1.83 bits per heavy atom. The second kappa shape index (κ2) is 9.88. The summed E-state index contributed by atoms with van der Waals surface area (Å²) in [6, 6.07) is 4.49. The molecule has 0 unspecified atom stereocenters. The Labute approximate surface area is 111 Å². The van der Waals surface area contributed by atoms with Crippen LogP contribution in [-0.2, 0) is 4.74 Å². The van der Waals surface area contributed by atoms with Gasteiger partial charge in [-0.15, -0.1) is 0 Å². The summed E-state index contributed by atoms with van der Waals surface area (Å²) < 4.78 is 5.06. The number of ether oxygens (including phenoxy) is 1. The fourth-order valence-electron chi connectivity index (χ4n) is 1.72. The quantitative estimate of drug-likeness (QED) is 0.560. The van der Waals surface area contributed by atoms with Crippen LogP contribution in [0.2, 0.25) is 0 Å². The Balaban J connectivity index is 3.82. The van der Waals surface area contributed by atoms with Crippen molar-refractivity contribution in [2.75, 3.05) is 33.4 Å². The van der Waals surface area contributed by atoms with Crippen molar-refractivity contribution < 1.29 is 4.74 Å². The van der Waals surface area contributed by atoms with Gasteiger partial charge in [-0.05, 0) is 33.2 Å². The van der Waals surface area contributed by atoms with Gasteiger partial charge in [-0.3, -0.25) is 0 Å². The standard InChI is InChI=1S/C14H25N3O/c1-14(2,13-16)7-4-5-9-17(10-6-8-15)11-12-18-3/h4-7,9-12H2,1-3H3. The minimum absolute atomic E-state index is 0.218. The summed E-state index contributed by atoms with van der Waals surface area (Å²) in [5.74, 6) is 0. The van der Waals surface area contributed by atoms with Crippen molar-refractivity contribution in [3.05, 3.63) is 0 Å². The molecule has 0 saturated carbocycles. The van der Waals surface area contributed by atoms with Crippen molar-refractivity contribution in [1.29, 1.82) is 10.5 Å². The van der Waals surface area contributed by atoms with Gasteiger partial charge in [0, 0.05) is 26.6 Å². The molecule has 0 aromatic carbocycles. The smallest absolute Gasteiger partial charge is 0.0683 e. The fraction of sp³-hybridized carbons (Fsp3) is 0.857. The molecule has 4 nitrogen and oxygen atoms in total. The zero-order chi connectivity index (χ0) is 13.9. The summed E-state index contributed by atoms with van der Waals surface area (Å²) in [5.41, 5.74) is -0.218. The first-order chi connectivity index (χ1) is 8.55. The van der Waals surface area contributed by atoms with E-state index < -0.39 is 0 Å². The lowest BCUT2D eigenvalue weighted by molar-refractivity contribution is 0.147. The van der Waals surface area contributed by atoms with Gasteiger partial charge < -0.3 is 9.64 Å². The maximum Gasteiger partial charge on any atom is 0.0683 e. The Morgan fingerprint density at radius 1 is 1.11 bits per heavy atom. The molecule has 0 amide bonds. The largest absolute Gasteiger partial charge is 0.383 e. The first-order valence-electron chi connectivity index (χ1n) is 6.55. The van der Waals surface area contributed by atoms with Crippen LogP contribution in [0.25, 0.3) is 0 Å². The van der Waals surface area contributed by atoms with Crippen molar-refractivity contribution >= 4 is 0 Å². The molecule has 0 aromatic rings. The van der Waals surface area contributed by atoms with E-state index in [1.807, 2.05) is 13.8 Å². The third-order valence-electron chi connectivity index (χ3n) is 2.98. The molecule has 0 spiro atoms. The van der Waals surface area contributed by atoms with Gasteiger partial charge in [0.2, 0.25) is 0 Å². The average Bonchev–Trinajstić information content (AvgIpc) is 2.36. The van der Waals surface area contributed by atoms with Gasteiger partial charge in [0.1, 0.15) is 0 Å². The molecular weight excluding hydrogens is 226 g/mol. The second-order valence-corrected chi connectivity index (χ2v) is 5.20. The van der Waals surface area contributed by atoms with Gasteiger partial charge in [0.25, 0.3) is 0 Å². The highest BCUT2D eigenvalue weighted by Crippen LogP contribution is 2.21. The SMILES string of the molecule is COCCN(CCC#N)CCCCC(C)(C)C#N. The number of hydrogen-bond donors (Lipinski definition) is 0. The number of rotatable bonds is 10. The fourth-order valence-corrected chi connectivity index (χ4v) is 1.72. The van der Waals surface area contributed by atoms with E-state index in [9.17, 15) is 0 Å². The molecule has 0 radical (unpaired) electrons. The molecule has 102 valence electrons. The maximum atomic E-state index is 8.92. The van der Waals surface area contributed by atoms with Crippen LogP contribution >= 0.6 is 0 Å². The number of nitrogens with zero attached hydrogens (tertiary/aromatic N) is 3. The molecular formula is C14H25N3O. The van der Waals surface area contributed by atoms with Crippen LogP contribution < -0.4 is 0 Å². The Bertz CT molecular complexity index is 288. The molecule has 0 atom stereocenters. The van der Waals surface area contributed by atoms with Gasteiger partial charge in [0.15, 0.2) is 0 Å². The third-order valence-corrected chi connectivity index (χ3v) is 2.98. The van der Waals surface area contributed by atoms with E-state index in [0.717, 1.165) is 38.9 Å². The summed E-state index contributed by atoms with van der Waals surface area (Å²) in [6.45, 7) is 7.32. The minimum atomic E-state index is -0.218. The van der Waals surface area contributed by atoms with Crippen molar-refractivity contribution in [2.24, 2.45) is 5.41 Å². The van der Waals surface area contributed by atoms with Crippen molar-refractivity contribution in [1.82, 2.24) is 4.90 Å². The van der Waals surface area contributed by atoms with E-state index >= 15 is 0 Å². The number of hydrogen-bond acceptors (Lipinski definition) is 4. The highest BCUT2D eigenvalue weighted by atomic mass is 16.5. The van der Waals surface area contributed by atoms with Gasteiger partial charge in [-0.2, -0.15) is 10.5 Å². The Morgan fingerprint density at radius 3 is 2.39 bits per heavy atom. The molecule has 18 heavy (non-hydrogen) atoms. The lowest BCUT2D eigenvalue weighted by Crippen LogP contribution is -2.29. The van der Waals surface area contributed by atoms with Crippen LogP contribution in [0.1, 0.15) is 39.5 Å². The number of unbranched alkanes of at least 4 members (excludes halogenated alkanes) is 1. The molecule has 0 N–H and O–H groups in total. The molecule has 0 aliphatic heterocycles. The maximum absolute atomic E-state index is 8.92. The molecule has 0 aliphatic rings. The Kier molecular flexibility index (Phi) is 9.28. The van der Waals surface area contributed by atoms with Crippen LogP contribution in [-0.4, -0.2) is 38.3 Å². The zero-order valence-corrected chi connectivity index (χ0v) is 11.9. The molecule has 0 rings (SSSR count). The second-order valence-electron chi connectivity index (χ2n) is 5.20. The average molecular weight is 251 g/mol. The summed E-state index contributed by atoms with van der Waals surface area (Å²) in [5, 5.41) is 17.5. The van der Waals surface area contributed by atoms with Crippen LogP contribution in [0.4, 0.5) is 0 Å². The highest BCUT2D eigenvalue weighted by Gasteiger charge is 2.15. The van der Waals surface area contributed by atoms with Crippen LogP contribution in [0.15, 0.2) is 0 Å². The first-order valence-corrected chi connectivity index (χ1v) is 6.55. The van der Waals surface area contributed by atoms with Crippen molar-refractivity contribution in [3.8, 4) is 12.1 Å². The van der Waals surface area contributed by atoms with Gasteiger partial charge in [0.05, 0.1) is 24.2 Å². The van der Waals surface area contributed by atoms with Gasteiger partial charge >= 0.3 is 0 Å². The lowest BCUT2D eigenvalue weighted by atomic mass is 9.89.